The standard InChI is InChI=1S/C11H11BrFNO4/c1-11(18,10(16)17)5-14-9(15)7-3-2-6(12)4-8(7)13/h2-4,18H,5H2,1H3,(H,14,15)(H,16,17). The van der Waals surface area contributed by atoms with Gasteiger partial charge in [-0.05, 0) is 25.1 Å². The maximum atomic E-state index is 13.4. The maximum absolute atomic E-state index is 13.4. The molecule has 0 spiro atoms. The molecule has 1 atom stereocenters. The third-order valence-electron chi connectivity index (χ3n) is 2.23. The Morgan fingerprint density at radius 2 is 2.11 bits per heavy atom. The Hall–Kier alpha value is -1.47. The van der Waals surface area contributed by atoms with E-state index in [0.717, 1.165) is 13.0 Å². The van der Waals surface area contributed by atoms with Gasteiger partial charge >= 0.3 is 5.97 Å². The van der Waals surface area contributed by atoms with E-state index in [1.807, 2.05) is 0 Å². The molecular formula is C11H11BrFNO4. The number of hydrogen-bond donors (Lipinski definition) is 3. The first-order valence-corrected chi connectivity index (χ1v) is 5.72. The number of aliphatic hydroxyl groups is 1. The van der Waals surface area contributed by atoms with Crippen LogP contribution in [0, 0.1) is 5.82 Å². The average Bonchev–Trinajstić information content (AvgIpc) is 2.25. The second-order valence-electron chi connectivity index (χ2n) is 3.89. The number of aliphatic carboxylic acids is 1. The van der Waals surface area contributed by atoms with Crippen LogP contribution in [0.25, 0.3) is 0 Å². The molecule has 5 nitrogen and oxygen atoms in total. The van der Waals surface area contributed by atoms with E-state index in [1.54, 1.807) is 0 Å². The van der Waals surface area contributed by atoms with Crippen molar-refractivity contribution in [1.82, 2.24) is 5.32 Å². The molecule has 1 amide bonds. The zero-order valence-electron chi connectivity index (χ0n) is 9.41. The Balaban J connectivity index is 2.75. The Bertz CT molecular complexity index is 490. The zero-order chi connectivity index (χ0) is 13.9. The molecule has 1 unspecified atom stereocenters. The summed E-state index contributed by atoms with van der Waals surface area (Å²) in [5.41, 5.74) is -2.32. The van der Waals surface area contributed by atoms with Gasteiger partial charge in [0.25, 0.3) is 5.91 Å². The van der Waals surface area contributed by atoms with Crippen LogP contribution in [0.5, 0.6) is 0 Å². The van der Waals surface area contributed by atoms with E-state index in [9.17, 15) is 19.1 Å². The van der Waals surface area contributed by atoms with Crippen molar-refractivity contribution < 1.29 is 24.2 Å². The average molecular weight is 320 g/mol. The van der Waals surface area contributed by atoms with Crippen LogP contribution < -0.4 is 5.32 Å². The minimum atomic E-state index is -2.10. The van der Waals surface area contributed by atoms with Gasteiger partial charge in [0, 0.05) is 4.47 Å². The van der Waals surface area contributed by atoms with Crippen molar-refractivity contribution >= 4 is 27.8 Å². The molecule has 1 aromatic carbocycles. The smallest absolute Gasteiger partial charge is 0.337 e. The fraction of sp³-hybridized carbons (Fsp3) is 0.273. The quantitative estimate of drug-likeness (QED) is 0.777. The molecule has 1 aromatic rings. The van der Waals surface area contributed by atoms with E-state index in [1.165, 1.54) is 12.1 Å². The summed E-state index contributed by atoms with van der Waals surface area (Å²) in [6.07, 6.45) is 0. The summed E-state index contributed by atoms with van der Waals surface area (Å²) < 4.78 is 13.9. The summed E-state index contributed by atoms with van der Waals surface area (Å²) in [6, 6.07) is 3.85. The van der Waals surface area contributed by atoms with Crippen LogP contribution in [0.4, 0.5) is 4.39 Å². The van der Waals surface area contributed by atoms with Crippen molar-refractivity contribution in [2.45, 2.75) is 12.5 Å². The predicted molar refractivity (Wildman–Crippen MR) is 64.7 cm³/mol. The predicted octanol–water partition coefficient (Wildman–Crippen LogP) is 1.15. The lowest BCUT2D eigenvalue weighted by molar-refractivity contribution is -0.155. The highest BCUT2D eigenvalue weighted by atomic mass is 79.9. The molecule has 0 saturated heterocycles. The van der Waals surface area contributed by atoms with Crippen LogP contribution in [0.2, 0.25) is 0 Å². The molecule has 0 aliphatic carbocycles. The maximum Gasteiger partial charge on any atom is 0.337 e. The first-order chi connectivity index (χ1) is 8.24. The van der Waals surface area contributed by atoms with E-state index in [4.69, 9.17) is 5.11 Å². The summed E-state index contributed by atoms with van der Waals surface area (Å²) in [4.78, 5) is 22.2. The van der Waals surface area contributed by atoms with Crippen molar-refractivity contribution in [3.05, 3.63) is 34.1 Å². The molecule has 1 rings (SSSR count). The topological polar surface area (TPSA) is 86.6 Å². The summed E-state index contributed by atoms with van der Waals surface area (Å²) in [7, 11) is 0. The molecule has 0 bridgehead atoms. The number of hydrogen-bond acceptors (Lipinski definition) is 3. The highest BCUT2D eigenvalue weighted by Gasteiger charge is 2.30. The Labute approximate surface area is 111 Å². The number of carboxylic acid groups (broad SMARTS) is 1. The van der Waals surface area contributed by atoms with E-state index in [2.05, 4.69) is 21.2 Å². The second-order valence-corrected chi connectivity index (χ2v) is 4.80. The van der Waals surface area contributed by atoms with Crippen molar-refractivity contribution in [3.63, 3.8) is 0 Å². The summed E-state index contributed by atoms with van der Waals surface area (Å²) in [6.45, 7) is 0.518. The molecule has 98 valence electrons. The molecule has 0 radical (unpaired) electrons. The third kappa shape index (κ3) is 3.51. The molecule has 0 fully saturated rings. The van der Waals surface area contributed by atoms with Crippen molar-refractivity contribution in [1.29, 1.82) is 0 Å². The highest BCUT2D eigenvalue weighted by Crippen LogP contribution is 2.15. The fourth-order valence-electron chi connectivity index (χ4n) is 1.10. The van der Waals surface area contributed by atoms with Crippen LogP contribution in [-0.4, -0.2) is 34.2 Å². The first kappa shape index (κ1) is 14.6. The highest BCUT2D eigenvalue weighted by molar-refractivity contribution is 9.10. The minimum absolute atomic E-state index is 0.223. The van der Waals surface area contributed by atoms with Gasteiger partial charge in [0.1, 0.15) is 5.82 Å². The SMILES string of the molecule is CC(O)(CNC(=O)c1ccc(Br)cc1F)C(=O)O. The second kappa shape index (κ2) is 5.45. The van der Waals surface area contributed by atoms with Crippen LogP contribution in [-0.2, 0) is 4.79 Å². The Morgan fingerprint density at radius 1 is 1.50 bits per heavy atom. The van der Waals surface area contributed by atoms with Crippen molar-refractivity contribution in [2.24, 2.45) is 0 Å². The van der Waals surface area contributed by atoms with Gasteiger partial charge in [0.05, 0.1) is 12.1 Å². The Morgan fingerprint density at radius 3 is 2.61 bits per heavy atom. The van der Waals surface area contributed by atoms with Crippen LogP contribution in [0.1, 0.15) is 17.3 Å². The molecule has 3 N–H and O–H groups in total. The van der Waals surface area contributed by atoms with Gasteiger partial charge in [-0.3, -0.25) is 4.79 Å². The molecule has 0 aliphatic rings. The van der Waals surface area contributed by atoms with Gasteiger partial charge < -0.3 is 15.5 Å². The number of rotatable bonds is 4. The molecule has 7 heteroatoms. The summed E-state index contributed by atoms with van der Waals surface area (Å²) in [5, 5.41) is 20.2. The van der Waals surface area contributed by atoms with Crippen LogP contribution >= 0.6 is 15.9 Å². The molecule has 18 heavy (non-hydrogen) atoms. The van der Waals surface area contributed by atoms with Gasteiger partial charge in [-0.2, -0.15) is 0 Å². The molecule has 0 aliphatic heterocycles. The van der Waals surface area contributed by atoms with E-state index >= 15 is 0 Å². The Kier molecular flexibility index (Phi) is 4.42. The number of carboxylic acids is 1. The number of benzene rings is 1. The normalized spacial score (nSPS) is 13.8. The van der Waals surface area contributed by atoms with Crippen LogP contribution in [0.15, 0.2) is 22.7 Å². The largest absolute Gasteiger partial charge is 0.479 e. The van der Waals surface area contributed by atoms with Gasteiger partial charge in [-0.1, -0.05) is 15.9 Å². The van der Waals surface area contributed by atoms with Gasteiger partial charge in [-0.15, -0.1) is 0 Å². The van der Waals surface area contributed by atoms with E-state index in [-0.39, 0.29) is 5.56 Å². The first-order valence-electron chi connectivity index (χ1n) is 4.93. The molecule has 0 saturated carbocycles. The fourth-order valence-corrected chi connectivity index (χ4v) is 1.43. The van der Waals surface area contributed by atoms with Gasteiger partial charge in [0.15, 0.2) is 5.60 Å². The number of halogens is 2. The molecular weight excluding hydrogens is 309 g/mol. The third-order valence-corrected chi connectivity index (χ3v) is 2.72. The summed E-state index contributed by atoms with van der Waals surface area (Å²) >= 11 is 3.05. The number of nitrogens with one attached hydrogen (secondary N) is 1. The zero-order valence-corrected chi connectivity index (χ0v) is 11.0. The summed E-state index contributed by atoms with van der Waals surface area (Å²) in [5.74, 6) is -3.00. The van der Waals surface area contributed by atoms with E-state index in [0.29, 0.717) is 4.47 Å². The lowest BCUT2D eigenvalue weighted by Crippen LogP contribution is -2.46. The van der Waals surface area contributed by atoms with Crippen molar-refractivity contribution in [3.8, 4) is 0 Å². The van der Waals surface area contributed by atoms with Crippen LogP contribution in [0.3, 0.4) is 0 Å². The molecule has 0 heterocycles. The number of carbonyl (C=O) groups excluding carboxylic acids is 1. The number of carbonyl (C=O) groups is 2. The van der Waals surface area contributed by atoms with E-state index < -0.39 is 29.8 Å². The number of amides is 1. The molecule has 0 aromatic heterocycles. The lowest BCUT2D eigenvalue weighted by atomic mass is 10.1. The van der Waals surface area contributed by atoms with Crippen molar-refractivity contribution in [2.75, 3.05) is 6.54 Å². The lowest BCUT2D eigenvalue weighted by Gasteiger charge is -2.18. The monoisotopic (exact) mass is 319 g/mol. The van der Waals surface area contributed by atoms with Gasteiger partial charge in [-0.25, -0.2) is 9.18 Å². The van der Waals surface area contributed by atoms with Gasteiger partial charge in [0.2, 0.25) is 0 Å². The minimum Gasteiger partial charge on any atom is -0.479 e.